The van der Waals surface area contributed by atoms with Crippen molar-refractivity contribution in [2.24, 2.45) is 17.6 Å². The molecule has 0 aromatic rings. The Balaban J connectivity index is 2.44. The van der Waals surface area contributed by atoms with Crippen LogP contribution in [0, 0.1) is 11.8 Å². The van der Waals surface area contributed by atoms with E-state index in [-0.39, 0.29) is 30.8 Å². The van der Waals surface area contributed by atoms with Crippen LogP contribution in [-0.2, 0) is 13.8 Å². The van der Waals surface area contributed by atoms with Gasteiger partial charge < -0.3 is 19.9 Å². The predicted octanol–water partition coefficient (Wildman–Crippen LogP) is 0.774. The minimum Gasteiger partial charge on any atom is -0.357 e. The lowest BCUT2D eigenvalue weighted by Gasteiger charge is -2.16. The summed E-state index contributed by atoms with van der Waals surface area (Å²) < 4.78 is 21.1. The zero-order valence-corrected chi connectivity index (χ0v) is 9.61. The normalized spacial score (nSPS) is 42.4. The van der Waals surface area contributed by atoms with Crippen molar-refractivity contribution in [2.75, 3.05) is 13.3 Å². The molecule has 14 heavy (non-hydrogen) atoms. The van der Waals surface area contributed by atoms with Crippen molar-refractivity contribution in [2.45, 2.75) is 26.2 Å². The van der Waals surface area contributed by atoms with Gasteiger partial charge in [0.2, 0.25) is 0 Å². The maximum absolute atomic E-state index is 10.9. The highest BCUT2D eigenvalue weighted by atomic mass is 31.2. The van der Waals surface area contributed by atoms with Gasteiger partial charge in [-0.2, -0.15) is 0 Å². The molecule has 1 saturated heterocycles. The van der Waals surface area contributed by atoms with Gasteiger partial charge in [-0.15, -0.1) is 0 Å². The van der Waals surface area contributed by atoms with Crippen LogP contribution in [-0.4, -0.2) is 30.5 Å². The van der Waals surface area contributed by atoms with Gasteiger partial charge in [0, 0.05) is 12.6 Å². The van der Waals surface area contributed by atoms with Crippen molar-refractivity contribution in [1.82, 2.24) is 0 Å². The Morgan fingerprint density at radius 2 is 2.07 bits per heavy atom. The van der Waals surface area contributed by atoms with Crippen molar-refractivity contribution in [3.63, 3.8) is 0 Å². The molecule has 0 spiro atoms. The second-order valence-corrected chi connectivity index (χ2v) is 5.82. The standard InChI is InChI=1S/C8H18NO4P/c1-5-6(2)8(9)13-7(5)4-12-14(3,10)11/h5-8H,4,9H2,1-3H3,(H,10,11)/t5-,6+,7+,8+/m0/s1. The third-order valence-electron chi connectivity index (χ3n) is 2.74. The Hall–Kier alpha value is 0.0700. The SMILES string of the molecule is C[C@@H]1[C@H](C)[C@@H](COP(C)(=O)O)O[C@H]1N. The smallest absolute Gasteiger partial charge is 0.325 e. The van der Waals surface area contributed by atoms with Crippen LogP contribution in [0.2, 0.25) is 0 Å². The molecule has 1 aliphatic rings. The van der Waals surface area contributed by atoms with E-state index < -0.39 is 7.60 Å². The molecule has 1 unspecified atom stereocenters. The summed E-state index contributed by atoms with van der Waals surface area (Å²) in [7, 11) is -3.40. The van der Waals surface area contributed by atoms with Crippen LogP contribution in [0.1, 0.15) is 13.8 Å². The molecule has 0 bridgehead atoms. The fraction of sp³-hybridized carbons (Fsp3) is 1.00. The number of ether oxygens (including phenoxy) is 1. The average Bonchev–Trinajstić information content (AvgIpc) is 2.28. The van der Waals surface area contributed by atoms with Crippen molar-refractivity contribution in [3.05, 3.63) is 0 Å². The van der Waals surface area contributed by atoms with E-state index in [0.717, 1.165) is 6.66 Å². The van der Waals surface area contributed by atoms with Crippen molar-refractivity contribution < 1.29 is 18.7 Å². The lowest BCUT2D eigenvalue weighted by molar-refractivity contribution is 0.00589. The van der Waals surface area contributed by atoms with E-state index >= 15 is 0 Å². The molecular formula is C8H18NO4P. The third-order valence-corrected chi connectivity index (χ3v) is 3.37. The minimum atomic E-state index is -3.40. The molecule has 1 fully saturated rings. The molecule has 0 aromatic carbocycles. The van der Waals surface area contributed by atoms with Gasteiger partial charge in [0.15, 0.2) is 0 Å². The van der Waals surface area contributed by atoms with Crippen molar-refractivity contribution in [3.8, 4) is 0 Å². The average molecular weight is 223 g/mol. The molecule has 1 heterocycles. The van der Waals surface area contributed by atoms with Crippen LogP contribution in [0.25, 0.3) is 0 Å². The van der Waals surface area contributed by atoms with Crippen LogP contribution in [0.3, 0.4) is 0 Å². The zero-order valence-electron chi connectivity index (χ0n) is 8.71. The van der Waals surface area contributed by atoms with Crippen LogP contribution < -0.4 is 5.73 Å². The Kier molecular flexibility index (Phi) is 3.72. The highest BCUT2D eigenvalue weighted by Gasteiger charge is 2.37. The first kappa shape index (κ1) is 12.1. The Morgan fingerprint density at radius 3 is 2.43 bits per heavy atom. The molecule has 5 atom stereocenters. The van der Waals surface area contributed by atoms with Gasteiger partial charge in [0.1, 0.15) is 6.23 Å². The quantitative estimate of drug-likeness (QED) is 0.691. The lowest BCUT2D eigenvalue weighted by Crippen LogP contribution is -2.25. The molecule has 1 rings (SSSR count). The van der Waals surface area contributed by atoms with E-state index in [1.54, 1.807) is 0 Å². The summed E-state index contributed by atoms with van der Waals surface area (Å²) in [6.45, 7) is 5.29. The second-order valence-electron chi connectivity index (χ2n) is 3.96. The molecule has 3 N–H and O–H groups in total. The lowest BCUT2D eigenvalue weighted by atomic mass is 9.93. The first-order chi connectivity index (χ1) is 6.31. The second kappa shape index (κ2) is 4.29. The number of nitrogens with two attached hydrogens (primary N) is 1. The predicted molar refractivity (Wildman–Crippen MR) is 52.9 cm³/mol. The van der Waals surface area contributed by atoms with E-state index in [4.69, 9.17) is 19.9 Å². The Morgan fingerprint density at radius 1 is 1.50 bits per heavy atom. The Labute approximate surface area is 84.1 Å². The monoisotopic (exact) mass is 223 g/mol. The first-order valence-electron chi connectivity index (χ1n) is 4.67. The van der Waals surface area contributed by atoms with Crippen LogP contribution >= 0.6 is 7.60 Å². The molecule has 5 nitrogen and oxygen atoms in total. The van der Waals surface area contributed by atoms with Crippen molar-refractivity contribution >= 4 is 7.60 Å². The highest BCUT2D eigenvalue weighted by Crippen LogP contribution is 2.39. The van der Waals surface area contributed by atoms with E-state index in [9.17, 15) is 4.57 Å². The molecule has 6 heteroatoms. The van der Waals surface area contributed by atoms with Crippen LogP contribution in [0.4, 0.5) is 0 Å². The zero-order chi connectivity index (χ0) is 10.9. The maximum Gasteiger partial charge on any atom is 0.325 e. The molecule has 0 radical (unpaired) electrons. The summed E-state index contributed by atoms with van der Waals surface area (Å²) >= 11 is 0. The topological polar surface area (TPSA) is 81.8 Å². The summed E-state index contributed by atoms with van der Waals surface area (Å²) in [6.07, 6.45) is -0.478. The summed E-state index contributed by atoms with van der Waals surface area (Å²) in [5.41, 5.74) is 5.69. The molecule has 0 aromatic heterocycles. The maximum atomic E-state index is 10.9. The summed E-state index contributed by atoms with van der Waals surface area (Å²) in [5.74, 6) is 0.495. The number of rotatable bonds is 3. The van der Waals surface area contributed by atoms with Crippen LogP contribution in [0.5, 0.6) is 0 Å². The van der Waals surface area contributed by atoms with E-state index in [0.29, 0.717) is 0 Å². The summed E-state index contributed by atoms with van der Waals surface area (Å²) in [4.78, 5) is 8.94. The number of hydrogen-bond acceptors (Lipinski definition) is 4. The third kappa shape index (κ3) is 3.04. The largest absolute Gasteiger partial charge is 0.357 e. The summed E-state index contributed by atoms with van der Waals surface area (Å²) in [5, 5.41) is 0. The molecule has 0 aliphatic carbocycles. The van der Waals surface area contributed by atoms with Gasteiger partial charge in [-0.3, -0.25) is 4.57 Å². The van der Waals surface area contributed by atoms with Crippen LogP contribution in [0.15, 0.2) is 0 Å². The Bertz CT molecular complexity index is 241. The molecule has 0 amide bonds. The minimum absolute atomic E-state index is 0.128. The molecular weight excluding hydrogens is 205 g/mol. The van der Waals surface area contributed by atoms with Gasteiger partial charge in [0.25, 0.3) is 0 Å². The first-order valence-corrected chi connectivity index (χ1v) is 6.69. The van der Waals surface area contributed by atoms with Gasteiger partial charge in [0.05, 0.1) is 12.7 Å². The van der Waals surface area contributed by atoms with Gasteiger partial charge in [-0.05, 0) is 5.92 Å². The highest BCUT2D eigenvalue weighted by molar-refractivity contribution is 7.51. The number of hydrogen-bond donors (Lipinski definition) is 2. The van der Waals surface area contributed by atoms with E-state index in [1.165, 1.54) is 0 Å². The fourth-order valence-corrected chi connectivity index (χ4v) is 1.91. The van der Waals surface area contributed by atoms with Gasteiger partial charge >= 0.3 is 7.60 Å². The molecule has 1 aliphatic heterocycles. The van der Waals surface area contributed by atoms with E-state index in [1.807, 2.05) is 13.8 Å². The molecule has 0 saturated carbocycles. The molecule has 84 valence electrons. The fourth-order valence-electron chi connectivity index (χ4n) is 1.49. The van der Waals surface area contributed by atoms with Gasteiger partial charge in [-0.1, -0.05) is 13.8 Å². The van der Waals surface area contributed by atoms with E-state index in [2.05, 4.69) is 0 Å². The summed E-state index contributed by atoms with van der Waals surface area (Å²) in [6, 6.07) is 0. The van der Waals surface area contributed by atoms with Crippen molar-refractivity contribution in [1.29, 1.82) is 0 Å². The van der Waals surface area contributed by atoms with Gasteiger partial charge in [-0.25, -0.2) is 0 Å².